The molecule has 0 saturated carbocycles. The summed E-state index contributed by atoms with van der Waals surface area (Å²) in [6, 6.07) is 4.38. The quantitative estimate of drug-likeness (QED) is 0.727. The number of rotatable bonds is 3. The third-order valence-corrected chi connectivity index (χ3v) is 6.40. The van der Waals surface area contributed by atoms with Crippen molar-refractivity contribution in [2.24, 2.45) is 5.73 Å². The highest BCUT2D eigenvalue weighted by atomic mass is 79.9. The van der Waals surface area contributed by atoms with Gasteiger partial charge in [0.1, 0.15) is 17.6 Å². The second kappa shape index (κ2) is 7.09. The Labute approximate surface area is 158 Å². The zero-order valence-corrected chi connectivity index (χ0v) is 16.6. The third kappa shape index (κ3) is 2.97. The second-order valence-electron chi connectivity index (χ2n) is 6.01. The molecule has 1 aromatic heterocycles. The van der Waals surface area contributed by atoms with E-state index in [4.69, 9.17) is 15.3 Å². The highest BCUT2D eigenvalue weighted by molar-refractivity contribution is 9.10. The van der Waals surface area contributed by atoms with E-state index in [0.717, 1.165) is 34.5 Å². The number of fused-ring (bicyclic) bond motifs is 5. The average Bonchev–Trinajstić information content (AvgIpc) is 2.81. The number of nitrogens with two attached hydrogens (primary N) is 1. The number of H-pyrrole nitrogens is 1. The van der Waals surface area contributed by atoms with E-state index in [2.05, 4.69) is 38.1 Å². The van der Waals surface area contributed by atoms with Gasteiger partial charge in [-0.3, -0.25) is 4.84 Å². The number of nitrogens with one attached hydrogen (secondary N) is 1. The fourth-order valence-corrected chi connectivity index (χ4v) is 4.95. The van der Waals surface area contributed by atoms with Crippen molar-refractivity contribution in [1.82, 2.24) is 10.0 Å². The summed E-state index contributed by atoms with van der Waals surface area (Å²) in [5, 5.41) is 3.29. The van der Waals surface area contributed by atoms with Crippen molar-refractivity contribution < 1.29 is 9.57 Å². The summed E-state index contributed by atoms with van der Waals surface area (Å²) >= 11 is 7.04. The van der Waals surface area contributed by atoms with Gasteiger partial charge in [0.25, 0.3) is 0 Å². The van der Waals surface area contributed by atoms with E-state index in [-0.39, 0.29) is 12.1 Å². The first-order valence-electron chi connectivity index (χ1n) is 7.87. The summed E-state index contributed by atoms with van der Waals surface area (Å²) < 4.78 is 6.81. The van der Waals surface area contributed by atoms with Gasteiger partial charge in [-0.05, 0) is 46.3 Å². The van der Waals surface area contributed by atoms with E-state index in [1.54, 1.807) is 23.5 Å². The first kappa shape index (κ1) is 17.1. The van der Waals surface area contributed by atoms with Crippen LogP contribution in [-0.4, -0.2) is 46.5 Å². The molecule has 2 aromatic rings. The zero-order valence-electron chi connectivity index (χ0n) is 13.4. The zero-order chi connectivity index (χ0) is 16.7. The van der Waals surface area contributed by atoms with Crippen LogP contribution in [0.5, 0.6) is 5.75 Å². The van der Waals surface area contributed by atoms with Gasteiger partial charge >= 0.3 is 0 Å². The number of ether oxygens (including phenoxy) is 1. The van der Waals surface area contributed by atoms with E-state index in [0.29, 0.717) is 11.9 Å². The van der Waals surface area contributed by atoms with Crippen LogP contribution in [-0.2, 0) is 11.3 Å². The van der Waals surface area contributed by atoms with E-state index in [1.807, 2.05) is 6.26 Å². The van der Waals surface area contributed by atoms with Crippen molar-refractivity contribution in [3.63, 3.8) is 0 Å². The van der Waals surface area contributed by atoms with Gasteiger partial charge in [-0.2, -0.15) is 5.06 Å². The number of nitrogens with zero attached hydrogens (tertiary/aromatic N) is 1. The summed E-state index contributed by atoms with van der Waals surface area (Å²) in [5.41, 5.74) is 10.1. The van der Waals surface area contributed by atoms with Crippen LogP contribution in [0.25, 0.3) is 10.9 Å². The van der Waals surface area contributed by atoms with Crippen LogP contribution in [0.1, 0.15) is 17.3 Å². The minimum absolute atomic E-state index is 0.0558. The highest BCUT2D eigenvalue weighted by Gasteiger charge is 2.37. The number of halogens is 1. The molecule has 1 unspecified atom stereocenters. The smallest absolute Gasteiger partial charge is 0.135 e. The summed E-state index contributed by atoms with van der Waals surface area (Å²) in [7, 11) is 0. The van der Waals surface area contributed by atoms with Gasteiger partial charge in [0.05, 0.1) is 10.5 Å². The Morgan fingerprint density at radius 1 is 1.54 bits per heavy atom. The Morgan fingerprint density at radius 3 is 3.25 bits per heavy atom. The Kier molecular flexibility index (Phi) is 5.04. The Hall–Kier alpha value is -0.380. The molecule has 24 heavy (non-hydrogen) atoms. The molecule has 2 aliphatic rings. The fraction of sp³-hybridized carbons (Fsp3) is 0.500. The molecule has 1 saturated heterocycles. The second-order valence-corrected chi connectivity index (χ2v) is 8.66. The third-order valence-electron chi connectivity index (χ3n) is 4.53. The normalized spacial score (nSPS) is 24.5. The van der Waals surface area contributed by atoms with E-state index >= 15 is 0 Å². The van der Waals surface area contributed by atoms with Crippen LogP contribution in [0.2, 0.25) is 0 Å². The van der Waals surface area contributed by atoms with Crippen LogP contribution in [0.3, 0.4) is 0 Å². The minimum atomic E-state index is 0.0558. The number of benzene rings is 1. The Bertz CT molecular complexity index is 754. The van der Waals surface area contributed by atoms with Gasteiger partial charge in [-0.15, -0.1) is 23.5 Å². The monoisotopic (exact) mass is 429 g/mol. The molecule has 0 bridgehead atoms. The van der Waals surface area contributed by atoms with Gasteiger partial charge in [-0.25, -0.2) is 0 Å². The van der Waals surface area contributed by atoms with Crippen molar-refractivity contribution in [3.05, 3.63) is 27.9 Å². The Morgan fingerprint density at radius 2 is 2.42 bits per heavy atom. The molecule has 0 spiro atoms. The first-order chi connectivity index (χ1) is 11.7. The lowest BCUT2D eigenvalue weighted by molar-refractivity contribution is -0.175. The Balaban J connectivity index is 1.79. The number of hydroxylamine groups is 2. The average molecular weight is 430 g/mol. The minimum Gasteiger partial charge on any atom is -0.482 e. The van der Waals surface area contributed by atoms with Gasteiger partial charge in [0, 0.05) is 34.9 Å². The standard InChI is InChI=1S/C16H20BrN3O2S2/c1-23-7-21-14-4-10-9-2-3-20-16(12(18)6-24-8-22-20)15(9)19-13(10)5-11(14)17/h4-5,12,16,19H,2-3,6-8,18H2,1H3/t12-,16?/m1/s1. The first-order valence-corrected chi connectivity index (χ1v) is 11.2. The van der Waals surface area contributed by atoms with Crippen LogP contribution in [0.15, 0.2) is 16.6 Å². The SMILES string of the molecule is CSCOc1cc2c3c([nH]c2cc1Br)C1[C@H](N)CSCON1CC3. The van der Waals surface area contributed by atoms with Gasteiger partial charge < -0.3 is 15.5 Å². The topological polar surface area (TPSA) is 63.5 Å². The van der Waals surface area contributed by atoms with Crippen LogP contribution < -0.4 is 10.5 Å². The van der Waals surface area contributed by atoms with E-state index < -0.39 is 0 Å². The molecule has 2 atom stereocenters. The summed E-state index contributed by atoms with van der Waals surface area (Å²) in [5.74, 6) is 3.11. The largest absolute Gasteiger partial charge is 0.482 e. The molecule has 2 aliphatic heterocycles. The number of hydrogen-bond donors (Lipinski definition) is 2. The maximum atomic E-state index is 6.45. The van der Waals surface area contributed by atoms with Crippen molar-refractivity contribution in [2.45, 2.75) is 18.5 Å². The molecule has 5 nitrogen and oxygen atoms in total. The molecule has 0 radical (unpaired) electrons. The lowest BCUT2D eigenvalue weighted by atomic mass is 9.95. The maximum absolute atomic E-state index is 6.45. The van der Waals surface area contributed by atoms with Crippen LogP contribution in [0.4, 0.5) is 0 Å². The van der Waals surface area contributed by atoms with Gasteiger partial charge in [-0.1, -0.05) is 0 Å². The van der Waals surface area contributed by atoms with Crippen molar-refractivity contribution in [1.29, 1.82) is 0 Å². The summed E-state index contributed by atoms with van der Waals surface area (Å²) in [4.78, 5) is 9.49. The molecular formula is C16H20BrN3O2S2. The van der Waals surface area contributed by atoms with Crippen LogP contribution in [0, 0.1) is 0 Å². The molecule has 3 N–H and O–H groups in total. The lowest BCUT2D eigenvalue weighted by Crippen LogP contribution is -2.44. The van der Waals surface area contributed by atoms with Crippen molar-refractivity contribution >= 4 is 50.4 Å². The molecule has 1 aromatic carbocycles. The molecule has 8 heteroatoms. The number of aromatic nitrogens is 1. The fourth-order valence-electron chi connectivity index (χ4n) is 3.48. The van der Waals surface area contributed by atoms with Gasteiger partial charge in [0.2, 0.25) is 0 Å². The molecule has 3 heterocycles. The molecule has 1 fully saturated rings. The lowest BCUT2D eigenvalue weighted by Gasteiger charge is -2.35. The number of aromatic amines is 1. The predicted molar refractivity (Wildman–Crippen MR) is 105 cm³/mol. The summed E-state index contributed by atoms with van der Waals surface area (Å²) in [6.07, 6.45) is 2.98. The number of thioether (sulfide) groups is 2. The number of hydrogen-bond acceptors (Lipinski definition) is 6. The molecule has 4 rings (SSSR count). The van der Waals surface area contributed by atoms with Crippen molar-refractivity contribution in [3.8, 4) is 5.75 Å². The maximum Gasteiger partial charge on any atom is 0.135 e. The summed E-state index contributed by atoms with van der Waals surface area (Å²) in [6.45, 7) is 0.871. The predicted octanol–water partition coefficient (Wildman–Crippen LogP) is 3.49. The molecular weight excluding hydrogens is 410 g/mol. The van der Waals surface area contributed by atoms with Crippen LogP contribution >= 0.6 is 39.5 Å². The molecule has 0 amide bonds. The van der Waals surface area contributed by atoms with E-state index in [9.17, 15) is 0 Å². The molecule has 0 aliphatic carbocycles. The molecule has 130 valence electrons. The van der Waals surface area contributed by atoms with Gasteiger partial charge in [0.15, 0.2) is 0 Å². The van der Waals surface area contributed by atoms with E-state index in [1.165, 1.54) is 16.6 Å². The highest BCUT2D eigenvalue weighted by Crippen LogP contribution is 2.41. The van der Waals surface area contributed by atoms with Crippen molar-refractivity contribution in [2.75, 3.05) is 30.4 Å².